The molecule has 0 unspecified atom stereocenters. The third kappa shape index (κ3) is 5.36. The Morgan fingerprint density at radius 3 is 2.66 bits per heavy atom. The van der Waals surface area contributed by atoms with Crippen molar-refractivity contribution in [3.8, 4) is 0 Å². The second kappa shape index (κ2) is 9.25. The number of carbonyl (C=O) groups is 2. The van der Waals surface area contributed by atoms with Gasteiger partial charge in [-0.05, 0) is 49.4 Å². The van der Waals surface area contributed by atoms with Crippen LogP contribution in [0.25, 0.3) is 0 Å². The molecular weight excluding hydrogens is 399 g/mol. The van der Waals surface area contributed by atoms with Crippen LogP contribution in [0.5, 0.6) is 0 Å². The topological polar surface area (TPSA) is 80.6 Å². The summed E-state index contributed by atoms with van der Waals surface area (Å²) >= 11 is 5.69. The third-order valence-corrected chi connectivity index (χ3v) is 4.26. The lowest BCUT2D eigenvalue weighted by molar-refractivity contribution is -0.123. The number of rotatable bonds is 7. The minimum Gasteiger partial charge on any atom is -0.467 e. The lowest BCUT2D eigenvalue weighted by atomic mass is 10.1. The van der Waals surface area contributed by atoms with Gasteiger partial charge < -0.3 is 19.8 Å². The number of nitrogens with one attached hydrogen (secondary N) is 2. The fourth-order valence-corrected chi connectivity index (χ4v) is 2.67. The molecule has 3 rings (SSSR count). The molecule has 150 valence electrons. The standard InChI is InChI=1S/C21H18ClFN2O4/c1-13(20(26)25-19-9-8-14(22)11-17(19)23)29-21(27)16-6-2-3-7-18(16)24-12-15-5-4-10-28-15/h2-11,13,24H,12H2,1H3,(H,25,26)/t13-/m1/s1. The zero-order valence-corrected chi connectivity index (χ0v) is 16.2. The fourth-order valence-electron chi connectivity index (χ4n) is 2.51. The van der Waals surface area contributed by atoms with Crippen LogP contribution in [0.3, 0.4) is 0 Å². The van der Waals surface area contributed by atoms with Crippen molar-refractivity contribution in [3.05, 3.63) is 83.0 Å². The quantitative estimate of drug-likeness (QED) is 0.537. The Morgan fingerprint density at radius 1 is 1.14 bits per heavy atom. The largest absolute Gasteiger partial charge is 0.467 e. The lowest BCUT2D eigenvalue weighted by Crippen LogP contribution is -2.30. The van der Waals surface area contributed by atoms with E-state index >= 15 is 0 Å². The smallest absolute Gasteiger partial charge is 0.341 e. The van der Waals surface area contributed by atoms with Crippen LogP contribution in [-0.4, -0.2) is 18.0 Å². The minimum atomic E-state index is -1.14. The number of esters is 1. The first-order valence-electron chi connectivity index (χ1n) is 8.76. The van der Waals surface area contributed by atoms with Gasteiger partial charge in [0.1, 0.15) is 11.6 Å². The van der Waals surface area contributed by atoms with Gasteiger partial charge in [0, 0.05) is 10.7 Å². The van der Waals surface area contributed by atoms with Gasteiger partial charge in [0.15, 0.2) is 6.10 Å². The molecule has 8 heteroatoms. The van der Waals surface area contributed by atoms with Crippen LogP contribution >= 0.6 is 11.6 Å². The molecule has 2 N–H and O–H groups in total. The van der Waals surface area contributed by atoms with Crippen LogP contribution in [0.4, 0.5) is 15.8 Å². The van der Waals surface area contributed by atoms with Crippen molar-refractivity contribution < 1.29 is 23.1 Å². The molecule has 0 bridgehead atoms. The molecule has 3 aromatic rings. The van der Waals surface area contributed by atoms with E-state index in [2.05, 4.69) is 10.6 Å². The highest BCUT2D eigenvalue weighted by Gasteiger charge is 2.21. The summed E-state index contributed by atoms with van der Waals surface area (Å²) in [6.45, 7) is 1.78. The molecule has 6 nitrogen and oxygen atoms in total. The zero-order valence-electron chi connectivity index (χ0n) is 15.4. The number of furan rings is 1. The Labute approximate surface area is 171 Å². The van der Waals surface area contributed by atoms with E-state index in [4.69, 9.17) is 20.8 Å². The molecule has 1 heterocycles. The van der Waals surface area contributed by atoms with Crippen LogP contribution < -0.4 is 10.6 Å². The third-order valence-electron chi connectivity index (χ3n) is 4.02. The molecule has 0 fully saturated rings. The molecular formula is C21H18ClFN2O4. The van der Waals surface area contributed by atoms with Gasteiger partial charge in [-0.15, -0.1) is 0 Å². The highest BCUT2D eigenvalue weighted by atomic mass is 35.5. The summed E-state index contributed by atoms with van der Waals surface area (Å²) in [5, 5.41) is 5.68. The summed E-state index contributed by atoms with van der Waals surface area (Å²) in [4.78, 5) is 24.8. The molecule has 0 spiro atoms. The Balaban J connectivity index is 1.63. The van der Waals surface area contributed by atoms with Crippen LogP contribution in [-0.2, 0) is 16.1 Å². The molecule has 0 saturated heterocycles. The maximum absolute atomic E-state index is 13.8. The maximum Gasteiger partial charge on any atom is 0.341 e. The zero-order chi connectivity index (χ0) is 20.8. The van der Waals surface area contributed by atoms with Gasteiger partial charge in [-0.1, -0.05) is 23.7 Å². The Morgan fingerprint density at radius 2 is 1.93 bits per heavy atom. The molecule has 0 aliphatic heterocycles. The number of benzene rings is 2. The predicted molar refractivity (Wildman–Crippen MR) is 107 cm³/mol. The van der Waals surface area contributed by atoms with Crippen molar-refractivity contribution in [3.63, 3.8) is 0 Å². The second-order valence-corrected chi connectivity index (χ2v) is 6.58. The molecule has 0 aliphatic carbocycles. The van der Waals surface area contributed by atoms with E-state index in [9.17, 15) is 14.0 Å². The molecule has 0 saturated carbocycles. The first kappa shape index (κ1) is 20.4. The van der Waals surface area contributed by atoms with Gasteiger partial charge in [0.25, 0.3) is 5.91 Å². The average Bonchev–Trinajstić information content (AvgIpc) is 3.22. The Kier molecular flexibility index (Phi) is 6.51. The van der Waals surface area contributed by atoms with Gasteiger partial charge >= 0.3 is 5.97 Å². The Bertz CT molecular complexity index is 1010. The van der Waals surface area contributed by atoms with E-state index in [1.807, 2.05) is 0 Å². The molecule has 1 amide bonds. The summed E-state index contributed by atoms with van der Waals surface area (Å²) in [5.41, 5.74) is 0.740. The highest BCUT2D eigenvalue weighted by molar-refractivity contribution is 6.30. The summed E-state index contributed by atoms with van der Waals surface area (Å²) in [7, 11) is 0. The van der Waals surface area contributed by atoms with Crippen LogP contribution in [0.15, 0.2) is 65.3 Å². The van der Waals surface area contributed by atoms with E-state index in [1.54, 1.807) is 42.7 Å². The van der Waals surface area contributed by atoms with Crippen LogP contribution in [0.1, 0.15) is 23.0 Å². The summed E-state index contributed by atoms with van der Waals surface area (Å²) in [6.07, 6.45) is 0.414. The van der Waals surface area contributed by atoms with E-state index in [0.717, 1.165) is 6.07 Å². The molecule has 1 atom stereocenters. The number of ether oxygens (including phenoxy) is 1. The van der Waals surface area contributed by atoms with Crippen molar-refractivity contribution in [2.75, 3.05) is 10.6 Å². The van der Waals surface area contributed by atoms with Crippen molar-refractivity contribution in [1.29, 1.82) is 0 Å². The fraction of sp³-hybridized carbons (Fsp3) is 0.143. The van der Waals surface area contributed by atoms with Crippen molar-refractivity contribution in [2.45, 2.75) is 19.6 Å². The molecule has 0 aliphatic rings. The SMILES string of the molecule is C[C@@H](OC(=O)c1ccccc1NCc1ccco1)C(=O)Nc1ccc(Cl)cc1F. The molecule has 1 aromatic heterocycles. The van der Waals surface area contributed by atoms with E-state index in [1.165, 1.54) is 19.1 Å². The number of carbonyl (C=O) groups excluding carboxylic acids is 2. The van der Waals surface area contributed by atoms with E-state index in [0.29, 0.717) is 18.0 Å². The number of amides is 1. The average molecular weight is 417 g/mol. The number of hydrogen-bond acceptors (Lipinski definition) is 5. The van der Waals surface area contributed by atoms with Crippen molar-refractivity contribution in [1.82, 2.24) is 0 Å². The normalized spacial score (nSPS) is 11.6. The van der Waals surface area contributed by atoms with Crippen molar-refractivity contribution in [2.24, 2.45) is 0 Å². The number of hydrogen-bond donors (Lipinski definition) is 2. The monoisotopic (exact) mass is 416 g/mol. The van der Waals surface area contributed by atoms with E-state index in [-0.39, 0.29) is 16.3 Å². The van der Waals surface area contributed by atoms with Gasteiger partial charge in [0.05, 0.1) is 24.1 Å². The highest BCUT2D eigenvalue weighted by Crippen LogP contribution is 2.21. The number of para-hydroxylation sites is 1. The number of anilines is 2. The summed E-state index contributed by atoms with van der Waals surface area (Å²) in [6, 6.07) is 14.2. The molecule has 29 heavy (non-hydrogen) atoms. The number of halogens is 2. The van der Waals surface area contributed by atoms with Gasteiger partial charge in [0.2, 0.25) is 0 Å². The van der Waals surface area contributed by atoms with Crippen LogP contribution in [0, 0.1) is 5.82 Å². The van der Waals surface area contributed by atoms with Gasteiger partial charge in [-0.3, -0.25) is 4.79 Å². The van der Waals surface area contributed by atoms with Gasteiger partial charge in [-0.2, -0.15) is 0 Å². The summed E-state index contributed by atoms with van der Waals surface area (Å²) in [5.74, 6) is -1.34. The first-order chi connectivity index (χ1) is 13.9. The predicted octanol–water partition coefficient (Wildman–Crippen LogP) is 4.87. The molecule has 0 radical (unpaired) electrons. The van der Waals surface area contributed by atoms with Crippen molar-refractivity contribution >= 4 is 34.9 Å². The minimum absolute atomic E-state index is 0.0530. The maximum atomic E-state index is 13.8. The second-order valence-electron chi connectivity index (χ2n) is 6.14. The summed E-state index contributed by atoms with van der Waals surface area (Å²) < 4.78 is 24.3. The molecule has 2 aromatic carbocycles. The lowest BCUT2D eigenvalue weighted by Gasteiger charge is -2.16. The first-order valence-corrected chi connectivity index (χ1v) is 9.14. The Hall–Kier alpha value is -3.32. The van der Waals surface area contributed by atoms with E-state index < -0.39 is 23.8 Å². The van der Waals surface area contributed by atoms with Gasteiger partial charge in [-0.25, -0.2) is 9.18 Å². The van der Waals surface area contributed by atoms with Crippen LogP contribution in [0.2, 0.25) is 5.02 Å².